The van der Waals surface area contributed by atoms with E-state index in [1.54, 1.807) is 29.4 Å². The number of rotatable bonds is 5. The summed E-state index contributed by atoms with van der Waals surface area (Å²) in [5.41, 5.74) is 2.26. The van der Waals surface area contributed by atoms with Crippen molar-refractivity contribution in [1.82, 2.24) is 9.55 Å². The third kappa shape index (κ3) is 4.10. The zero-order valence-corrected chi connectivity index (χ0v) is 10.8. The highest BCUT2D eigenvalue weighted by Gasteiger charge is 1.97. The third-order valence-electron chi connectivity index (χ3n) is 2.71. The van der Waals surface area contributed by atoms with Gasteiger partial charge in [0.05, 0.1) is 6.33 Å². The second-order valence-corrected chi connectivity index (χ2v) is 4.10. The maximum atomic E-state index is 11.5. The molecule has 0 aliphatic carbocycles. The second kappa shape index (κ2) is 6.54. The number of hydrogen-bond donors (Lipinski definition) is 0. The number of aromatic nitrogens is 2. The van der Waals surface area contributed by atoms with Gasteiger partial charge in [-0.2, -0.15) is 0 Å². The molecule has 0 radical (unpaired) electrons. The van der Waals surface area contributed by atoms with Gasteiger partial charge in [-0.05, 0) is 23.6 Å². The Morgan fingerprint density at radius 2 is 2.16 bits per heavy atom. The first-order chi connectivity index (χ1) is 9.28. The van der Waals surface area contributed by atoms with Crippen LogP contribution < -0.4 is 0 Å². The monoisotopic (exact) mass is 256 g/mol. The zero-order valence-electron chi connectivity index (χ0n) is 10.8. The number of esters is 1. The predicted molar refractivity (Wildman–Crippen MR) is 73.2 cm³/mol. The van der Waals surface area contributed by atoms with Gasteiger partial charge >= 0.3 is 5.97 Å². The van der Waals surface area contributed by atoms with Gasteiger partial charge in [-0.15, -0.1) is 0 Å². The molecule has 1 heterocycles. The molecule has 0 saturated heterocycles. The Balaban J connectivity index is 1.85. The van der Waals surface area contributed by atoms with E-state index in [4.69, 9.17) is 4.74 Å². The number of carbonyl (C=O) groups excluding carboxylic acids is 1. The van der Waals surface area contributed by atoms with Gasteiger partial charge in [0.15, 0.2) is 6.73 Å². The summed E-state index contributed by atoms with van der Waals surface area (Å²) in [6.07, 6.45) is 9.16. The highest BCUT2D eigenvalue weighted by molar-refractivity contribution is 5.86. The molecule has 1 aromatic heterocycles. The number of aryl methyl sites for hydroxylation is 1. The van der Waals surface area contributed by atoms with Gasteiger partial charge < -0.3 is 9.30 Å². The van der Waals surface area contributed by atoms with E-state index in [0.29, 0.717) is 0 Å². The lowest BCUT2D eigenvalue weighted by Gasteiger charge is -2.02. The minimum atomic E-state index is -0.367. The predicted octanol–water partition coefficient (Wildman–Crippen LogP) is 2.66. The molecule has 0 aliphatic heterocycles. The van der Waals surface area contributed by atoms with E-state index < -0.39 is 0 Å². The molecule has 0 N–H and O–H groups in total. The molecule has 0 aliphatic rings. The van der Waals surface area contributed by atoms with Gasteiger partial charge in [0.1, 0.15) is 0 Å². The fraction of sp³-hybridized carbons (Fsp3) is 0.200. The van der Waals surface area contributed by atoms with Crippen molar-refractivity contribution in [2.75, 3.05) is 0 Å². The molecule has 1 aromatic carbocycles. The van der Waals surface area contributed by atoms with E-state index in [9.17, 15) is 4.79 Å². The van der Waals surface area contributed by atoms with Crippen molar-refractivity contribution in [3.05, 3.63) is 60.2 Å². The highest BCUT2D eigenvalue weighted by atomic mass is 16.5. The summed E-state index contributed by atoms with van der Waals surface area (Å²) in [5.74, 6) is -0.367. The summed E-state index contributed by atoms with van der Waals surface area (Å²) in [7, 11) is 0. The number of hydrogen-bond acceptors (Lipinski definition) is 3. The van der Waals surface area contributed by atoms with E-state index in [2.05, 4.69) is 24.0 Å². The van der Waals surface area contributed by atoms with E-state index in [1.165, 1.54) is 11.6 Å². The topological polar surface area (TPSA) is 44.1 Å². The van der Waals surface area contributed by atoms with E-state index >= 15 is 0 Å². The molecule has 0 bridgehead atoms. The van der Waals surface area contributed by atoms with Crippen LogP contribution >= 0.6 is 0 Å². The Kier molecular flexibility index (Phi) is 4.50. The number of ether oxygens (including phenoxy) is 1. The number of carbonyl (C=O) groups is 1. The molecule has 2 aromatic rings. The van der Waals surface area contributed by atoms with Crippen LogP contribution in [0.4, 0.5) is 0 Å². The van der Waals surface area contributed by atoms with Gasteiger partial charge in [-0.1, -0.05) is 31.2 Å². The Labute approximate surface area is 112 Å². The quantitative estimate of drug-likeness (QED) is 0.610. The van der Waals surface area contributed by atoms with Crippen molar-refractivity contribution >= 4 is 12.0 Å². The van der Waals surface area contributed by atoms with Crippen molar-refractivity contribution in [3.63, 3.8) is 0 Å². The highest BCUT2D eigenvalue weighted by Crippen LogP contribution is 2.06. The smallest absolute Gasteiger partial charge is 0.332 e. The van der Waals surface area contributed by atoms with Crippen LogP contribution in [0.1, 0.15) is 18.1 Å². The van der Waals surface area contributed by atoms with Crippen LogP contribution in [0.25, 0.3) is 6.08 Å². The zero-order chi connectivity index (χ0) is 13.5. The van der Waals surface area contributed by atoms with Crippen molar-refractivity contribution in [2.45, 2.75) is 20.1 Å². The molecule has 2 rings (SSSR count). The van der Waals surface area contributed by atoms with Crippen LogP contribution in [0.15, 0.2) is 49.1 Å². The van der Waals surface area contributed by atoms with Crippen molar-refractivity contribution < 1.29 is 9.53 Å². The maximum Gasteiger partial charge on any atom is 0.332 e. The first-order valence-corrected chi connectivity index (χ1v) is 6.17. The number of imidazole rings is 1. The number of benzene rings is 1. The van der Waals surface area contributed by atoms with Crippen LogP contribution in [0, 0.1) is 0 Å². The molecule has 0 unspecified atom stereocenters. The Morgan fingerprint density at radius 3 is 2.79 bits per heavy atom. The Morgan fingerprint density at radius 1 is 1.37 bits per heavy atom. The van der Waals surface area contributed by atoms with Crippen molar-refractivity contribution in [1.29, 1.82) is 0 Å². The largest absolute Gasteiger partial charge is 0.441 e. The fourth-order valence-corrected chi connectivity index (χ4v) is 1.58. The molecular formula is C15H16N2O2. The van der Waals surface area contributed by atoms with Crippen molar-refractivity contribution in [3.8, 4) is 0 Å². The summed E-state index contributed by atoms with van der Waals surface area (Å²) in [4.78, 5) is 15.4. The van der Waals surface area contributed by atoms with E-state index in [0.717, 1.165) is 12.0 Å². The van der Waals surface area contributed by atoms with Crippen LogP contribution in [0.2, 0.25) is 0 Å². The summed E-state index contributed by atoms with van der Waals surface area (Å²) in [5, 5.41) is 0. The molecular weight excluding hydrogens is 240 g/mol. The fourth-order valence-electron chi connectivity index (χ4n) is 1.58. The Bertz CT molecular complexity index is 542. The summed E-state index contributed by atoms with van der Waals surface area (Å²) >= 11 is 0. The lowest BCUT2D eigenvalue weighted by atomic mass is 10.1. The molecule has 0 atom stereocenters. The first kappa shape index (κ1) is 13.1. The van der Waals surface area contributed by atoms with Gasteiger partial charge in [0.2, 0.25) is 0 Å². The van der Waals surface area contributed by atoms with Crippen molar-refractivity contribution in [2.24, 2.45) is 0 Å². The molecule has 4 heteroatoms. The average Bonchev–Trinajstić information content (AvgIpc) is 2.96. The summed E-state index contributed by atoms with van der Waals surface area (Å²) in [6, 6.07) is 8.07. The van der Waals surface area contributed by atoms with Crippen LogP contribution in [0.3, 0.4) is 0 Å². The summed E-state index contributed by atoms with van der Waals surface area (Å²) < 4.78 is 6.73. The van der Waals surface area contributed by atoms with E-state index in [1.807, 2.05) is 12.1 Å². The normalized spacial score (nSPS) is 10.8. The Hall–Kier alpha value is -2.36. The molecule has 0 amide bonds. The molecule has 98 valence electrons. The molecule has 0 spiro atoms. The lowest BCUT2D eigenvalue weighted by molar-refractivity contribution is -0.141. The van der Waals surface area contributed by atoms with Gasteiger partial charge in [-0.3, -0.25) is 0 Å². The molecule has 4 nitrogen and oxygen atoms in total. The number of nitrogens with zero attached hydrogens (tertiary/aromatic N) is 2. The minimum absolute atomic E-state index is 0.179. The van der Waals surface area contributed by atoms with Crippen LogP contribution in [-0.4, -0.2) is 15.5 Å². The van der Waals surface area contributed by atoms with Crippen LogP contribution in [-0.2, 0) is 22.7 Å². The third-order valence-corrected chi connectivity index (χ3v) is 2.71. The van der Waals surface area contributed by atoms with E-state index in [-0.39, 0.29) is 12.7 Å². The summed E-state index contributed by atoms with van der Waals surface area (Å²) in [6.45, 7) is 2.29. The van der Waals surface area contributed by atoms with Gasteiger partial charge in [0, 0.05) is 18.5 Å². The average molecular weight is 256 g/mol. The molecule has 0 fully saturated rings. The SMILES string of the molecule is CCc1ccc(C=CC(=O)OCn2ccnc2)cc1. The minimum Gasteiger partial charge on any atom is -0.441 e. The van der Waals surface area contributed by atoms with Crippen LogP contribution in [0.5, 0.6) is 0 Å². The maximum absolute atomic E-state index is 11.5. The van der Waals surface area contributed by atoms with Gasteiger partial charge in [0.25, 0.3) is 0 Å². The van der Waals surface area contributed by atoms with Gasteiger partial charge in [-0.25, -0.2) is 9.78 Å². The molecule has 19 heavy (non-hydrogen) atoms. The molecule has 0 saturated carbocycles. The standard InChI is InChI=1S/C15H16N2O2/c1-2-13-3-5-14(6-4-13)7-8-15(18)19-12-17-10-9-16-11-17/h3-11H,2,12H2,1H3. The lowest BCUT2D eigenvalue weighted by Crippen LogP contribution is -2.05. The second-order valence-electron chi connectivity index (χ2n) is 4.10. The first-order valence-electron chi connectivity index (χ1n) is 6.17.